The highest BCUT2D eigenvalue weighted by Gasteiger charge is 1.34. The molecule has 1 nitrogen and oxygen atoms in total. The molecule has 0 aliphatic heterocycles. The Morgan fingerprint density at radius 2 is 2.00 bits per heavy atom. The molecule has 0 aliphatic carbocycles. The number of hydrogen-bond acceptors (Lipinski definition) is 1. The van der Waals surface area contributed by atoms with Crippen LogP contribution in [0.5, 0.6) is 0 Å². The molecule has 0 radical (unpaired) electrons. The third kappa shape index (κ3) is 26.6. The van der Waals surface area contributed by atoms with Crippen molar-refractivity contribution in [3.63, 3.8) is 0 Å². The molecule has 5 heavy (non-hydrogen) atoms. The Morgan fingerprint density at radius 3 is 2.00 bits per heavy atom. The van der Waals surface area contributed by atoms with Gasteiger partial charge in [0, 0.05) is 6.08 Å². The van der Waals surface area contributed by atoms with Gasteiger partial charge in [-0.3, -0.25) is 0 Å². The molecular weight excluding hydrogens is 82.1 g/mol. The van der Waals surface area contributed by atoms with Crippen LogP contribution in [0.2, 0.25) is 0 Å². The zero-order chi connectivity index (χ0) is 3.41. The highest BCUT2D eigenvalue weighted by Crippen LogP contribution is 1.41. The van der Waals surface area contributed by atoms with Crippen molar-refractivity contribution in [3.8, 4) is 6.07 Å². The van der Waals surface area contributed by atoms with Gasteiger partial charge in [-0.2, -0.15) is 18.8 Å². The zero-order valence-corrected chi connectivity index (χ0v) is 3.73. The maximum absolute atomic E-state index is 7.51. The van der Waals surface area contributed by atoms with Crippen LogP contribution in [-0.4, -0.2) is 0 Å². The first-order valence-electron chi connectivity index (χ1n) is 0.921. The molecule has 0 aromatic rings. The van der Waals surface area contributed by atoms with Gasteiger partial charge < -0.3 is 0 Å². The maximum atomic E-state index is 7.51. The van der Waals surface area contributed by atoms with Gasteiger partial charge in [0.15, 0.2) is 0 Å². The van der Waals surface area contributed by atoms with Crippen LogP contribution in [0, 0.1) is 11.3 Å². The van der Waals surface area contributed by atoms with Gasteiger partial charge in [0.2, 0.25) is 0 Å². The summed E-state index contributed by atoms with van der Waals surface area (Å²) in [4.78, 5) is 0. The predicted molar refractivity (Wildman–Crippen MR) is 26.2 cm³/mol. The molecule has 0 aliphatic rings. The van der Waals surface area contributed by atoms with Crippen LogP contribution in [0.3, 0.4) is 0 Å². The lowest BCUT2D eigenvalue weighted by Crippen LogP contribution is -1.23. The lowest BCUT2D eigenvalue weighted by molar-refractivity contribution is 1.54. The van der Waals surface area contributed by atoms with Crippen molar-refractivity contribution in [2.45, 2.75) is 0 Å². The van der Waals surface area contributed by atoms with Crippen LogP contribution in [0.25, 0.3) is 0 Å². The second-order valence-electron chi connectivity index (χ2n) is 0.333. The molecular formula is C3H5NS. The predicted octanol–water partition coefficient (Wildman–Crippen LogP) is 0.809. The molecule has 28 valence electrons. The van der Waals surface area contributed by atoms with Crippen LogP contribution in [0.15, 0.2) is 12.7 Å². The molecule has 0 saturated heterocycles. The molecule has 0 spiro atoms. The molecule has 2 heteroatoms. The van der Waals surface area contributed by atoms with Gasteiger partial charge in [-0.15, -0.1) is 0 Å². The fraction of sp³-hybridized carbons (Fsp3) is 0. The average Bonchev–Trinajstić information content (AvgIpc) is 1.37. The Kier molecular flexibility index (Phi) is 16.8. The highest BCUT2D eigenvalue weighted by molar-refractivity contribution is 7.59. The second kappa shape index (κ2) is 9.55. The minimum atomic E-state index is 0. The van der Waals surface area contributed by atoms with E-state index in [1.165, 1.54) is 6.08 Å². The third-order valence-electron chi connectivity index (χ3n) is 0.0913. The molecule has 0 aromatic heterocycles. The first kappa shape index (κ1) is 8.82. The topological polar surface area (TPSA) is 23.8 Å². The van der Waals surface area contributed by atoms with Gasteiger partial charge in [-0.1, -0.05) is 6.58 Å². The Bertz CT molecular complexity index is 52.4. The molecule has 0 heterocycles. The van der Waals surface area contributed by atoms with Crippen molar-refractivity contribution in [2.75, 3.05) is 0 Å². The fourth-order valence-electron chi connectivity index (χ4n) is 0. The summed E-state index contributed by atoms with van der Waals surface area (Å²) in [6.07, 6.45) is 1.18. The number of nitriles is 1. The van der Waals surface area contributed by atoms with Crippen LogP contribution in [0.4, 0.5) is 0 Å². The molecule has 0 rings (SSSR count). The van der Waals surface area contributed by atoms with Crippen molar-refractivity contribution in [1.29, 1.82) is 5.26 Å². The summed E-state index contributed by atoms with van der Waals surface area (Å²) in [5.41, 5.74) is 0. The summed E-state index contributed by atoms with van der Waals surface area (Å²) in [6.45, 7) is 3.12. The van der Waals surface area contributed by atoms with Gasteiger partial charge in [0.05, 0.1) is 6.07 Å². The number of rotatable bonds is 0. The van der Waals surface area contributed by atoms with Crippen LogP contribution in [-0.2, 0) is 0 Å². The summed E-state index contributed by atoms with van der Waals surface area (Å²) >= 11 is 0. The second-order valence-corrected chi connectivity index (χ2v) is 0.333. The first-order chi connectivity index (χ1) is 1.91. The molecule has 0 N–H and O–H groups in total. The van der Waals surface area contributed by atoms with Crippen molar-refractivity contribution in [2.24, 2.45) is 0 Å². The van der Waals surface area contributed by atoms with E-state index in [1.807, 2.05) is 0 Å². The largest absolute Gasteiger partial charge is 0.197 e. The van der Waals surface area contributed by atoms with E-state index >= 15 is 0 Å². The molecule has 0 saturated carbocycles. The van der Waals surface area contributed by atoms with E-state index in [2.05, 4.69) is 6.58 Å². The summed E-state index contributed by atoms with van der Waals surface area (Å²) in [6, 6.07) is 1.69. The minimum Gasteiger partial charge on any atom is -0.197 e. The van der Waals surface area contributed by atoms with Gasteiger partial charge in [0.25, 0.3) is 0 Å². The quantitative estimate of drug-likeness (QED) is 0.401. The Morgan fingerprint density at radius 1 is 1.80 bits per heavy atom. The van der Waals surface area contributed by atoms with Crippen LogP contribution < -0.4 is 0 Å². The summed E-state index contributed by atoms with van der Waals surface area (Å²) in [7, 11) is 0. The normalized spacial score (nSPS) is 3.00. The van der Waals surface area contributed by atoms with E-state index in [0.717, 1.165) is 0 Å². The summed E-state index contributed by atoms with van der Waals surface area (Å²) < 4.78 is 0. The molecule has 0 unspecified atom stereocenters. The SMILES string of the molecule is C=CC#N.S. The average molecular weight is 87.1 g/mol. The molecule has 0 atom stereocenters. The Hall–Kier alpha value is -0.420. The first-order valence-corrected chi connectivity index (χ1v) is 0.921. The third-order valence-corrected chi connectivity index (χ3v) is 0.0913. The van der Waals surface area contributed by atoms with Crippen LogP contribution in [0.1, 0.15) is 0 Å². The fourth-order valence-corrected chi connectivity index (χ4v) is 0. The van der Waals surface area contributed by atoms with Crippen molar-refractivity contribution < 1.29 is 0 Å². The van der Waals surface area contributed by atoms with Gasteiger partial charge in [-0.05, 0) is 0 Å². The maximum Gasteiger partial charge on any atom is 0.0905 e. The standard InChI is InChI=1S/C3H3N.H2S/c1-2-3-4;/h2H,1H2;1H2. The van der Waals surface area contributed by atoms with E-state index in [1.54, 1.807) is 6.07 Å². The van der Waals surface area contributed by atoms with E-state index in [4.69, 9.17) is 5.26 Å². The van der Waals surface area contributed by atoms with E-state index in [9.17, 15) is 0 Å². The van der Waals surface area contributed by atoms with Crippen LogP contribution >= 0.6 is 13.5 Å². The summed E-state index contributed by atoms with van der Waals surface area (Å²) in [5.74, 6) is 0. The van der Waals surface area contributed by atoms with Crippen molar-refractivity contribution in [1.82, 2.24) is 0 Å². The molecule has 0 amide bonds. The molecule has 0 fully saturated rings. The Balaban J connectivity index is 0. The lowest BCUT2D eigenvalue weighted by Gasteiger charge is -1.31. The van der Waals surface area contributed by atoms with Gasteiger partial charge >= 0.3 is 0 Å². The van der Waals surface area contributed by atoms with E-state index in [0.29, 0.717) is 0 Å². The zero-order valence-electron chi connectivity index (χ0n) is 2.73. The van der Waals surface area contributed by atoms with E-state index in [-0.39, 0.29) is 13.5 Å². The van der Waals surface area contributed by atoms with Gasteiger partial charge in [-0.25, -0.2) is 0 Å². The highest BCUT2D eigenvalue weighted by atomic mass is 32.1. The smallest absolute Gasteiger partial charge is 0.0905 e. The molecule has 0 aromatic carbocycles. The number of allylic oxidation sites excluding steroid dienone is 1. The summed E-state index contributed by atoms with van der Waals surface area (Å²) in [5, 5.41) is 7.51. The lowest BCUT2D eigenvalue weighted by atomic mass is 10.8. The monoisotopic (exact) mass is 87.0 g/mol. The number of nitrogens with zero attached hydrogens (tertiary/aromatic N) is 1. The Labute approximate surface area is 38.4 Å². The molecule has 0 bridgehead atoms. The van der Waals surface area contributed by atoms with E-state index < -0.39 is 0 Å². The van der Waals surface area contributed by atoms with Crippen molar-refractivity contribution >= 4 is 13.5 Å². The minimum absolute atomic E-state index is 0. The van der Waals surface area contributed by atoms with Crippen molar-refractivity contribution in [3.05, 3.63) is 12.7 Å². The van der Waals surface area contributed by atoms with Gasteiger partial charge in [0.1, 0.15) is 0 Å². The number of hydrogen-bond donors (Lipinski definition) is 0.